The summed E-state index contributed by atoms with van der Waals surface area (Å²) in [6.45, 7) is 0. The number of hydrogen-bond donors (Lipinski definition) is 0. The molecule has 0 fully saturated rings. The number of hydrogen-bond acceptors (Lipinski definition) is 2. The molecule has 0 radical (unpaired) electrons. The first-order chi connectivity index (χ1) is 26.7. The first-order valence-electron chi connectivity index (χ1n) is 18.4. The summed E-state index contributed by atoms with van der Waals surface area (Å²) in [5.74, 6) is 0.696. The van der Waals surface area contributed by atoms with Gasteiger partial charge in [-0.05, 0) is 96.0 Å². The molecule has 0 N–H and O–H groups in total. The molecule has 0 saturated heterocycles. The molecular weight excluding hydrogens is 653 g/mol. The summed E-state index contributed by atoms with van der Waals surface area (Å²) in [6.07, 6.45) is 0. The van der Waals surface area contributed by atoms with Gasteiger partial charge in [0.1, 0.15) is 0 Å². The van der Waals surface area contributed by atoms with Gasteiger partial charge >= 0.3 is 0 Å². The van der Waals surface area contributed by atoms with Crippen molar-refractivity contribution in [3.8, 4) is 67.3 Å². The molecule has 1 heterocycles. The minimum Gasteiger partial charge on any atom is -0.228 e. The van der Waals surface area contributed by atoms with Gasteiger partial charge in [0, 0.05) is 16.7 Å². The lowest BCUT2D eigenvalue weighted by Gasteiger charge is -2.15. The van der Waals surface area contributed by atoms with E-state index in [0.29, 0.717) is 5.82 Å². The van der Waals surface area contributed by atoms with E-state index in [1.807, 2.05) is 12.1 Å². The molecule has 0 aliphatic rings. The van der Waals surface area contributed by atoms with Crippen molar-refractivity contribution in [3.63, 3.8) is 0 Å². The zero-order chi connectivity index (χ0) is 35.8. The predicted molar refractivity (Wildman–Crippen MR) is 227 cm³/mol. The fraction of sp³-hybridized carbons (Fsp3) is 0. The van der Waals surface area contributed by atoms with Crippen LogP contribution in [0.3, 0.4) is 0 Å². The van der Waals surface area contributed by atoms with Crippen molar-refractivity contribution in [3.05, 3.63) is 206 Å². The highest BCUT2D eigenvalue weighted by molar-refractivity contribution is 6.20. The topological polar surface area (TPSA) is 25.8 Å². The summed E-state index contributed by atoms with van der Waals surface area (Å²) >= 11 is 0. The van der Waals surface area contributed by atoms with Crippen molar-refractivity contribution in [1.82, 2.24) is 9.97 Å². The molecule has 10 aromatic rings. The lowest BCUT2D eigenvalue weighted by atomic mass is 9.89. The first-order valence-corrected chi connectivity index (χ1v) is 18.4. The fourth-order valence-electron chi connectivity index (χ4n) is 7.79. The standard InChI is InChI=1S/C52H34N2/c1-3-14-35(15-4-1)38-20-11-23-42(30-38)50-34-49(37-17-5-2-6-18-37)53-52(54-50)44-25-13-22-40(32-44)39-21-12-24-43(31-39)51-46-27-10-8-19-41(46)33-48-45-26-9-7-16-36(45)28-29-47(48)51/h1-34H. The highest BCUT2D eigenvalue weighted by Gasteiger charge is 2.15. The third-order valence-electron chi connectivity index (χ3n) is 10.4. The van der Waals surface area contributed by atoms with Crippen molar-refractivity contribution < 1.29 is 0 Å². The number of rotatable bonds is 6. The quantitative estimate of drug-likeness (QED) is 0.129. The molecule has 2 nitrogen and oxygen atoms in total. The van der Waals surface area contributed by atoms with Crippen LogP contribution in [0.1, 0.15) is 0 Å². The Balaban J connectivity index is 1.10. The molecule has 0 aliphatic carbocycles. The predicted octanol–water partition coefficient (Wildman–Crippen LogP) is 13.9. The third-order valence-corrected chi connectivity index (χ3v) is 10.4. The molecule has 9 aromatic carbocycles. The van der Waals surface area contributed by atoms with Crippen molar-refractivity contribution in [1.29, 1.82) is 0 Å². The van der Waals surface area contributed by atoms with Crippen LogP contribution in [0.2, 0.25) is 0 Å². The van der Waals surface area contributed by atoms with Crippen LogP contribution in [-0.4, -0.2) is 9.97 Å². The summed E-state index contributed by atoms with van der Waals surface area (Å²) in [7, 11) is 0. The Hall–Kier alpha value is -7.16. The minimum absolute atomic E-state index is 0.696. The summed E-state index contributed by atoms with van der Waals surface area (Å²) in [6, 6.07) is 73.5. The molecule has 54 heavy (non-hydrogen) atoms. The third kappa shape index (κ3) is 5.81. The van der Waals surface area contributed by atoms with Crippen LogP contribution in [0.5, 0.6) is 0 Å². The molecule has 0 atom stereocenters. The van der Waals surface area contributed by atoms with Gasteiger partial charge in [0.2, 0.25) is 0 Å². The maximum absolute atomic E-state index is 5.22. The van der Waals surface area contributed by atoms with Gasteiger partial charge in [0.25, 0.3) is 0 Å². The Morgan fingerprint density at radius 1 is 0.241 bits per heavy atom. The molecule has 10 rings (SSSR count). The molecule has 1 aromatic heterocycles. The highest BCUT2D eigenvalue weighted by Crippen LogP contribution is 2.41. The van der Waals surface area contributed by atoms with Gasteiger partial charge in [0.15, 0.2) is 5.82 Å². The van der Waals surface area contributed by atoms with E-state index in [2.05, 4.69) is 194 Å². The maximum Gasteiger partial charge on any atom is 0.160 e. The van der Waals surface area contributed by atoms with Gasteiger partial charge in [0.05, 0.1) is 11.4 Å². The molecule has 252 valence electrons. The van der Waals surface area contributed by atoms with E-state index in [1.165, 1.54) is 49.0 Å². The average molecular weight is 687 g/mol. The van der Waals surface area contributed by atoms with E-state index in [-0.39, 0.29) is 0 Å². The molecular formula is C52H34N2. The van der Waals surface area contributed by atoms with Crippen LogP contribution < -0.4 is 0 Å². The summed E-state index contributed by atoms with van der Waals surface area (Å²) in [5.41, 5.74) is 11.9. The zero-order valence-electron chi connectivity index (χ0n) is 29.5. The molecule has 0 aliphatic heterocycles. The van der Waals surface area contributed by atoms with Crippen LogP contribution in [0.15, 0.2) is 206 Å². The van der Waals surface area contributed by atoms with E-state index < -0.39 is 0 Å². The number of aromatic nitrogens is 2. The Kier molecular flexibility index (Phi) is 7.85. The first kappa shape index (κ1) is 31.6. The van der Waals surface area contributed by atoms with Crippen molar-refractivity contribution in [2.45, 2.75) is 0 Å². The Morgan fingerprint density at radius 3 is 1.48 bits per heavy atom. The average Bonchev–Trinajstić information content (AvgIpc) is 3.26. The number of nitrogens with zero attached hydrogens (tertiary/aromatic N) is 2. The van der Waals surface area contributed by atoms with Crippen molar-refractivity contribution in [2.24, 2.45) is 0 Å². The normalized spacial score (nSPS) is 11.3. The Morgan fingerprint density at radius 2 is 0.741 bits per heavy atom. The minimum atomic E-state index is 0.696. The number of benzene rings is 9. The van der Waals surface area contributed by atoms with Crippen LogP contribution in [0, 0.1) is 0 Å². The van der Waals surface area contributed by atoms with Gasteiger partial charge in [-0.3, -0.25) is 0 Å². The highest BCUT2D eigenvalue weighted by atomic mass is 14.9. The monoisotopic (exact) mass is 686 g/mol. The van der Waals surface area contributed by atoms with Gasteiger partial charge in [-0.15, -0.1) is 0 Å². The van der Waals surface area contributed by atoms with Gasteiger partial charge in [-0.1, -0.05) is 176 Å². The van der Waals surface area contributed by atoms with Crippen LogP contribution >= 0.6 is 0 Å². The van der Waals surface area contributed by atoms with Gasteiger partial charge in [-0.25, -0.2) is 9.97 Å². The molecule has 0 saturated carbocycles. The second-order valence-corrected chi connectivity index (χ2v) is 13.8. The van der Waals surface area contributed by atoms with E-state index in [1.54, 1.807) is 0 Å². The van der Waals surface area contributed by atoms with E-state index in [9.17, 15) is 0 Å². The lowest BCUT2D eigenvalue weighted by Crippen LogP contribution is -1.96. The van der Waals surface area contributed by atoms with Crippen LogP contribution in [0.25, 0.3) is 99.6 Å². The largest absolute Gasteiger partial charge is 0.228 e. The Bertz CT molecular complexity index is 2980. The lowest BCUT2D eigenvalue weighted by molar-refractivity contribution is 1.18. The molecule has 0 bridgehead atoms. The molecule has 0 unspecified atom stereocenters. The van der Waals surface area contributed by atoms with Crippen LogP contribution in [0.4, 0.5) is 0 Å². The maximum atomic E-state index is 5.22. The van der Waals surface area contributed by atoms with E-state index >= 15 is 0 Å². The SMILES string of the molecule is c1ccc(-c2cccc(-c3cc(-c4ccccc4)nc(-c4cccc(-c5cccc(-c6c7ccccc7cc7c6ccc6ccccc67)c5)c4)n3)c2)cc1. The van der Waals surface area contributed by atoms with E-state index in [4.69, 9.17) is 9.97 Å². The molecule has 0 spiro atoms. The number of fused-ring (bicyclic) bond motifs is 4. The van der Waals surface area contributed by atoms with Crippen molar-refractivity contribution >= 4 is 32.3 Å². The fourth-order valence-corrected chi connectivity index (χ4v) is 7.79. The van der Waals surface area contributed by atoms with Crippen molar-refractivity contribution in [2.75, 3.05) is 0 Å². The zero-order valence-corrected chi connectivity index (χ0v) is 29.5. The molecule has 0 amide bonds. The van der Waals surface area contributed by atoms with Gasteiger partial charge < -0.3 is 0 Å². The summed E-state index contributed by atoms with van der Waals surface area (Å²) < 4.78 is 0. The van der Waals surface area contributed by atoms with E-state index in [0.717, 1.165) is 44.8 Å². The Labute approximate surface area is 314 Å². The van der Waals surface area contributed by atoms with Gasteiger partial charge in [-0.2, -0.15) is 0 Å². The second kappa shape index (κ2) is 13.4. The second-order valence-electron chi connectivity index (χ2n) is 13.8. The summed E-state index contributed by atoms with van der Waals surface area (Å²) in [5, 5.41) is 7.55. The summed E-state index contributed by atoms with van der Waals surface area (Å²) in [4.78, 5) is 10.4. The molecule has 2 heteroatoms. The smallest absolute Gasteiger partial charge is 0.160 e. The van der Waals surface area contributed by atoms with Crippen LogP contribution in [-0.2, 0) is 0 Å².